The van der Waals surface area contributed by atoms with Crippen LogP contribution in [0.3, 0.4) is 0 Å². The topological polar surface area (TPSA) is 6.48 Å². The standard InChI is InChI=1S/C82H66N2/c1-51-17-13-25-61(45-51)83(63-27-15-23-59(49-63)81(57-19-5-3-6-20-57)71-31-11-9-29-65(71)66-30-10-12-32-72(66)81)75-43-37-53-34-40-68-76(44-38-54-33-39-67(75)77(53)78(54)68)84(62-26-14-18-52(2)46-62)64-28-16-24-60(50-64)82(58-21-7-4-8-22-58)73-41-35-55-47-69(55)79(73)80-70-48-56(70)36-42-74(80)82/h3-33,35-36,38-42,44-46,49-50,53,55-56,65,69-71H,34,37,43,47-48H2,1-2H3. The highest BCUT2D eigenvalue weighted by molar-refractivity contribution is 5.96. The first-order chi connectivity index (χ1) is 41.5. The molecule has 0 aromatic heterocycles. The summed E-state index contributed by atoms with van der Waals surface area (Å²) in [4.78, 5) is 5.25. The Morgan fingerprint density at radius 1 is 0.488 bits per heavy atom. The van der Waals surface area contributed by atoms with E-state index in [1.165, 1.54) is 129 Å². The summed E-state index contributed by atoms with van der Waals surface area (Å²) in [5.74, 6) is 3.58. The van der Waals surface area contributed by atoms with Crippen LogP contribution in [0.25, 0.3) is 22.5 Å². The van der Waals surface area contributed by atoms with E-state index in [9.17, 15) is 0 Å². The summed E-state index contributed by atoms with van der Waals surface area (Å²) in [6, 6.07) is 79.8. The van der Waals surface area contributed by atoms with Crippen molar-refractivity contribution in [1.82, 2.24) is 0 Å². The predicted octanol–water partition coefficient (Wildman–Crippen LogP) is 18.4. The number of aryl methyl sites for hydroxylation is 2. The fourth-order valence-corrected chi connectivity index (χ4v) is 17.8. The number of hydrogen-bond donors (Lipinski definition) is 0. The number of benzene rings is 9. The zero-order valence-electron chi connectivity index (χ0n) is 47.8. The third-order valence-electron chi connectivity index (χ3n) is 21.4. The summed E-state index contributed by atoms with van der Waals surface area (Å²) >= 11 is 0. The quantitative estimate of drug-likeness (QED) is 0.135. The Morgan fingerprint density at radius 2 is 1.07 bits per heavy atom. The lowest BCUT2D eigenvalue weighted by atomic mass is 9.63. The van der Waals surface area contributed by atoms with Crippen molar-refractivity contribution in [3.8, 4) is 0 Å². The zero-order chi connectivity index (χ0) is 55.4. The molecule has 0 spiro atoms. The lowest BCUT2D eigenvalue weighted by Gasteiger charge is -2.40. The summed E-state index contributed by atoms with van der Waals surface area (Å²) in [6.07, 6.45) is 27.9. The number of nitrogens with zero attached hydrogens (tertiary/aromatic N) is 2. The SMILES string of the molecule is Cc1cccc(N(C2=c3ccc4ccc(N(c5cccc(C)c5)c5cccc(C6(c7ccccc7)C7=C(C8=C6C=CC6CC86)C6CC6C=C7)c5)c5c4c3C(CC=5)CC2)c2cccc(C3(c4ccccc4)c4ccccc4C4C=CC=CC43)c2)c1. The van der Waals surface area contributed by atoms with Crippen molar-refractivity contribution >= 4 is 51.0 Å². The van der Waals surface area contributed by atoms with Crippen LogP contribution in [0, 0.1) is 43.4 Å². The van der Waals surface area contributed by atoms with Crippen LogP contribution in [0.2, 0.25) is 0 Å². The van der Waals surface area contributed by atoms with Gasteiger partial charge in [0, 0.05) is 45.5 Å². The van der Waals surface area contributed by atoms with Gasteiger partial charge >= 0.3 is 0 Å². The van der Waals surface area contributed by atoms with Crippen LogP contribution >= 0.6 is 0 Å². The van der Waals surface area contributed by atoms with Gasteiger partial charge in [0.2, 0.25) is 0 Å². The first-order valence-electron chi connectivity index (χ1n) is 31.1. The molecule has 2 fully saturated rings. The van der Waals surface area contributed by atoms with Crippen molar-refractivity contribution in [1.29, 1.82) is 0 Å². The minimum absolute atomic E-state index is 0.228. The van der Waals surface area contributed by atoms with Crippen LogP contribution in [0.5, 0.6) is 0 Å². The van der Waals surface area contributed by atoms with E-state index in [0.717, 1.165) is 19.3 Å². The molecule has 8 atom stereocenters. The first kappa shape index (κ1) is 48.5. The third kappa shape index (κ3) is 6.86. The molecular weight excluding hydrogens is 1010 g/mol. The second-order valence-corrected chi connectivity index (χ2v) is 25.8. The molecule has 404 valence electrons. The predicted molar refractivity (Wildman–Crippen MR) is 347 cm³/mol. The lowest BCUT2D eigenvalue weighted by molar-refractivity contribution is 0.457. The molecule has 9 aliphatic carbocycles. The number of anilines is 5. The Morgan fingerprint density at radius 3 is 1.79 bits per heavy atom. The summed E-state index contributed by atoms with van der Waals surface area (Å²) in [5, 5.41) is 5.42. The van der Waals surface area contributed by atoms with E-state index in [-0.39, 0.29) is 17.3 Å². The maximum Gasteiger partial charge on any atom is 0.0707 e. The van der Waals surface area contributed by atoms with E-state index in [4.69, 9.17) is 0 Å². The second kappa shape index (κ2) is 18.3. The van der Waals surface area contributed by atoms with Crippen LogP contribution in [0.1, 0.15) is 94.0 Å². The van der Waals surface area contributed by atoms with Gasteiger partial charge in [-0.05, 0) is 218 Å². The molecular formula is C82H66N2. The van der Waals surface area contributed by atoms with Crippen molar-refractivity contribution in [3.63, 3.8) is 0 Å². The molecule has 2 saturated carbocycles. The molecule has 18 rings (SSSR count). The van der Waals surface area contributed by atoms with Gasteiger partial charge in [-0.1, -0.05) is 206 Å². The molecule has 9 aliphatic rings. The molecule has 0 saturated heterocycles. The number of rotatable bonds is 10. The average Bonchev–Trinajstić information content (AvgIpc) is 2.33. The Labute approximate surface area is 493 Å². The molecule has 9 aromatic rings. The highest BCUT2D eigenvalue weighted by atomic mass is 15.2. The van der Waals surface area contributed by atoms with E-state index in [1.54, 1.807) is 11.1 Å². The third-order valence-corrected chi connectivity index (χ3v) is 21.4. The lowest BCUT2D eigenvalue weighted by Crippen LogP contribution is -2.36. The highest BCUT2D eigenvalue weighted by Gasteiger charge is 2.59. The van der Waals surface area contributed by atoms with Crippen LogP contribution < -0.4 is 20.2 Å². The second-order valence-electron chi connectivity index (χ2n) is 25.8. The number of allylic oxidation sites excluding steroid dienone is 12. The molecule has 0 radical (unpaired) electrons. The van der Waals surface area contributed by atoms with Crippen LogP contribution in [0.15, 0.2) is 277 Å². The van der Waals surface area contributed by atoms with Crippen LogP contribution in [-0.2, 0) is 10.8 Å². The molecule has 0 heterocycles. The maximum atomic E-state index is 2.65. The monoisotopic (exact) mass is 1080 g/mol. The van der Waals surface area contributed by atoms with Gasteiger partial charge in [-0.2, -0.15) is 0 Å². The van der Waals surface area contributed by atoms with Gasteiger partial charge in [-0.15, -0.1) is 0 Å². The molecule has 84 heavy (non-hydrogen) atoms. The Bertz CT molecular complexity index is 4570. The van der Waals surface area contributed by atoms with Gasteiger partial charge in [0.25, 0.3) is 0 Å². The minimum atomic E-state index is -0.407. The highest BCUT2D eigenvalue weighted by Crippen LogP contribution is 2.69. The first-order valence-corrected chi connectivity index (χ1v) is 31.1. The number of hydrogen-bond acceptors (Lipinski definition) is 2. The van der Waals surface area contributed by atoms with Crippen molar-refractivity contribution in [2.24, 2.45) is 29.6 Å². The van der Waals surface area contributed by atoms with Gasteiger partial charge in [0.1, 0.15) is 0 Å². The fraction of sp³-hybridized carbons (Fsp3) is 0.195. The van der Waals surface area contributed by atoms with Crippen molar-refractivity contribution in [2.45, 2.75) is 68.6 Å². The number of fused-ring (bicyclic) bond motifs is 8. The minimum Gasteiger partial charge on any atom is -0.314 e. The molecule has 0 aliphatic heterocycles. The van der Waals surface area contributed by atoms with Crippen molar-refractivity contribution in [3.05, 3.63) is 338 Å². The normalized spacial score (nSPS) is 26.5. The smallest absolute Gasteiger partial charge is 0.0707 e. The molecule has 2 nitrogen and oxygen atoms in total. The summed E-state index contributed by atoms with van der Waals surface area (Å²) in [5.41, 5.74) is 25.2. The van der Waals surface area contributed by atoms with Gasteiger partial charge in [0.05, 0.1) is 16.5 Å². The summed E-state index contributed by atoms with van der Waals surface area (Å²) < 4.78 is 0. The van der Waals surface area contributed by atoms with E-state index >= 15 is 0 Å². The van der Waals surface area contributed by atoms with Gasteiger partial charge in [-0.25, -0.2) is 0 Å². The summed E-state index contributed by atoms with van der Waals surface area (Å²) in [7, 11) is 0. The molecule has 2 heteroatoms. The zero-order valence-corrected chi connectivity index (χ0v) is 47.8. The van der Waals surface area contributed by atoms with E-state index in [0.29, 0.717) is 29.6 Å². The van der Waals surface area contributed by atoms with E-state index in [2.05, 4.69) is 285 Å². The Hall–Kier alpha value is -8.98. The molecule has 0 amide bonds. The Kier molecular flexibility index (Phi) is 10.6. The Balaban J connectivity index is 0.840. The maximum absolute atomic E-state index is 2.65. The van der Waals surface area contributed by atoms with E-state index < -0.39 is 5.41 Å². The summed E-state index contributed by atoms with van der Waals surface area (Å²) in [6.45, 7) is 4.48. The fourth-order valence-electron chi connectivity index (χ4n) is 17.8. The molecule has 0 bridgehead atoms. The van der Waals surface area contributed by atoms with Crippen LogP contribution in [0.4, 0.5) is 28.4 Å². The largest absolute Gasteiger partial charge is 0.314 e. The molecule has 0 N–H and O–H groups in total. The van der Waals surface area contributed by atoms with Gasteiger partial charge in [0.15, 0.2) is 0 Å². The molecule has 9 aromatic carbocycles. The van der Waals surface area contributed by atoms with Gasteiger partial charge < -0.3 is 9.80 Å². The van der Waals surface area contributed by atoms with Crippen molar-refractivity contribution in [2.75, 3.05) is 9.80 Å². The molecule has 8 unspecified atom stereocenters. The average molecular weight is 1080 g/mol. The van der Waals surface area contributed by atoms with E-state index in [1.807, 2.05) is 0 Å². The van der Waals surface area contributed by atoms with Crippen molar-refractivity contribution < 1.29 is 0 Å². The van der Waals surface area contributed by atoms with Crippen LogP contribution in [-0.4, -0.2) is 0 Å². The van der Waals surface area contributed by atoms with Gasteiger partial charge in [-0.3, -0.25) is 0 Å².